The minimum atomic E-state index is -0.489. The van der Waals surface area contributed by atoms with Crippen LogP contribution in [0.15, 0.2) is 41.2 Å². The molecule has 35 heavy (non-hydrogen) atoms. The molecular formula is C26H31FN6O2. The van der Waals surface area contributed by atoms with Crippen molar-refractivity contribution in [2.45, 2.75) is 32.9 Å². The van der Waals surface area contributed by atoms with E-state index in [2.05, 4.69) is 45.5 Å². The number of anilines is 2. The predicted molar refractivity (Wildman–Crippen MR) is 138 cm³/mol. The number of benzene rings is 2. The number of aromatic nitrogens is 3. The highest BCUT2D eigenvalue weighted by atomic mass is 19.1. The largest absolute Gasteiger partial charge is 0.397 e. The van der Waals surface area contributed by atoms with Gasteiger partial charge >= 0.3 is 0 Å². The second-order valence-electron chi connectivity index (χ2n) is 9.13. The number of hydrogen-bond acceptors (Lipinski definition) is 6. The maximum atomic E-state index is 14.5. The van der Waals surface area contributed by atoms with Crippen LogP contribution in [0.5, 0.6) is 0 Å². The number of nitrogens with one attached hydrogen (secondary N) is 2. The van der Waals surface area contributed by atoms with Crippen LogP contribution in [0.3, 0.4) is 0 Å². The SMILES string of the molecule is CCN(CC)C[C@@H]1CN(c2ccc3nc(-c4c(N)c5c(F)cccc5[nH]c4=O)[nH]c3c2)[C@H](C)CO1. The van der Waals surface area contributed by atoms with Gasteiger partial charge in [0, 0.05) is 24.8 Å². The van der Waals surface area contributed by atoms with Gasteiger partial charge in [0.25, 0.3) is 5.56 Å². The van der Waals surface area contributed by atoms with E-state index in [1.54, 1.807) is 6.07 Å². The molecule has 184 valence electrons. The van der Waals surface area contributed by atoms with E-state index >= 15 is 0 Å². The molecule has 4 aromatic rings. The highest BCUT2D eigenvalue weighted by Gasteiger charge is 2.28. The minimum absolute atomic E-state index is 0.0715. The van der Waals surface area contributed by atoms with Crippen molar-refractivity contribution < 1.29 is 9.13 Å². The Bertz CT molecular complexity index is 1430. The van der Waals surface area contributed by atoms with Crippen molar-refractivity contribution in [2.24, 2.45) is 0 Å². The Morgan fingerprint density at radius 2 is 2.00 bits per heavy atom. The Morgan fingerprint density at radius 3 is 2.77 bits per heavy atom. The number of ether oxygens (including phenoxy) is 1. The number of morpholine rings is 1. The zero-order chi connectivity index (χ0) is 24.7. The molecule has 2 aromatic heterocycles. The molecule has 2 aromatic carbocycles. The molecule has 0 bridgehead atoms. The topological polar surface area (TPSA) is 103 Å². The molecule has 9 heteroatoms. The van der Waals surface area contributed by atoms with E-state index < -0.39 is 11.4 Å². The molecule has 3 heterocycles. The van der Waals surface area contributed by atoms with Crippen LogP contribution in [0.2, 0.25) is 0 Å². The van der Waals surface area contributed by atoms with Gasteiger partial charge in [0.1, 0.15) is 17.2 Å². The summed E-state index contributed by atoms with van der Waals surface area (Å²) in [6.07, 6.45) is 0.130. The van der Waals surface area contributed by atoms with Crippen molar-refractivity contribution in [3.05, 3.63) is 52.6 Å². The second-order valence-corrected chi connectivity index (χ2v) is 9.13. The number of nitrogen functional groups attached to an aromatic ring is 1. The van der Waals surface area contributed by atoms with Crippen molar-refractivity contribution in [2.75, 3.05) is 43.4 Å². The summed E-state index contributed by atoms with van der Waals surface area (Å²) in [6.45, 7) is 10.8. The van der Waals surface area contributed by atoms with Gasteiger partial charge in [-0.15, -0.1) is 0 Å². The summed E-state index contributed by atoms with van der Waals surface area (Å²) in [6, 6.07) is 10.7. The van der Waals surface area contributed by atoms with Crippen molar-refractivity contribution in [1.29, 1.82) is 0 Å². The first kappa shape index (κ1) is 23.3. The lowest BCUT2D eigenvalue weighted by molar-refractivity contribution is 0.00265. The van der Waals surface area contributed by atoms with Crippen molar-refractivity contribution >= 4 is 33.3 Å². The predicted octanol–water partition coefficient (Wildman–Crippen LogP) is 3.73. The minimum Gasteiger partial charge on any atom is -0.397 e. The van der Waals surface area contributed by atoms with E-state index in [4.69, 9.17) is 10.5 Å². The van der Waals surface area contributed by atoms with Crippen LogP contribution in [0, 0.1) is 5.82 Å². The number of halogens is 1. The molecule has 0 unspecified atom stereocenters. The number of likely N-dealkylation sites (N-methyl/N-ethyl adjacent to an activating group) is 1. The zero-order valence-corrected chi connectivity index (χ0v) is 20.3. The molecule has 0 spiro atoms. The molecule has 1 fully saturated rings. The molecule has 5 rings (SSSR count). The van der Waals surface area contributed by atoms with E-state index in [-0.39, 0.29) is 28.8 Å². The van der Waals surface area contributed by atoms with Gasteiger partial charge in [0.15, 0.2) is 0 Å². The van der Waals surface area contributed by atoms with Gasteiger partial charge in [0.05, 0.1) is 40.3 Å². The maximum absolute atomic E-state index is 14.5. The third kappa shape index (κ3) is 4.26. The number of nitrogens with zero attached hydrogens (tertiary/aromatic N) is 3. The Hall–Kier alpha value is -3.43. The van der Waals surface area contributed by atoms with Crippen molar-refractivity contribution in [3.63, 3.8) is 0 Å². The van der Waals surface area contributed by atoms with E-state index in [1.165, 1.54) is 12.1 Å². The van der Waals surface area contributed by atoms with Gasteiger partial charge in [-0.3, -0.25) is 4.79 Å². The van der Waals surface area contributed by atoms with Gasteiger partial charge in [-0.2, -0.15) is 0 Å². The molecule has 1 aliphatic rings. The monoisotopic (exact) mass is 478 g/mol. The number of aromatic amines is 2. The van der Waals surface area contributed by atoms with Crippen molar-refractivity contribution in [3.8, 4) is 11.4 Å². The lowest BCUT2D eigenvalue weighted by Gasteiger charge is -2.41. The summed E-state index contributed by atoms with van der Waals surface area (Å²) >= 11 is 0. The third-order valence-corrected chi connectivity index (χ3v) is 6.92. The number of H-pyrrole nitrogens is 2. The maximum Gasteiger partial charge on any atom is 0.261 e. The molecule has 0 amide bonds. The first-order valence-electron chi connectivity index (χ1n) is 12.1. The van der Waals surface area contributed by atoms with E-state index in [9.17, 15) is 9.18 Å². The lowest BCUT2D eigenvalue weighted by atomic mass is 10.1. The quantitative estimate of drug-likeness (QED) is 0.390. The van der Waals surface area contributed by atoms with Gasteiger partial charge in [-0.1, -0.05) is 19.9 Å². The molecule has 8 nitrogen and oxygen atoms in total. The van der Waals surface area contributed by atoms with Gasteiger partial charge in [0.2, 0.25) is 0 Å². The van der Waals surface area contributed by atoms with Crippen molar-refractivity contribution in [1.82, 2.24) is 19.9 Å². The lowest BCUT2D eigenvalue weighted by Crippen LogP contribution is -2.52. The summed E-state index contributed by atoms with van der Waals surface area (Å²) < 4.78 is 20.6. The summed E-state index contributed by atoms with van der Waals surface area (Å²) in [5.41, 5.74) is 8.96. The first-order valence-corrected chi connectivity index (χ1v) is 12.1. The van der Waals surface area contributed by atoms with Crippen LogP contribution in [-0.2, 0) is 4.74 Å². The van der Waals surface area contributed by atoms with Crippen LogP contribution in [0.25, 0.3) is 33.3 Å². The Balaban J connectivity index is 1.49. The zero-order valence-electron chi connectivity index (χ0n) is 20.3. The third-order valence-electron chi connectivity index (χ3n) is 6.92. The first-order chi connectivity index (χ1) is 16.9. The van der Waals surface area contributed by atoms with E-state index in [0.29, 0.717) is 23.5 Å². The molecule has 1 saturated heterocycles. The standard InChI is InChI=1S/C26H31FN6O2/c1-4-32(5-2)12-17-13-33(15(3)14-35-17)16-9-10-19-21(11-16)30-25(29-19)23-24(28)22-18(27)7-6-8-20(22)31-26(23)34/h6-11,15,17H,4-5,12-14H2,1-3H3,(H,29,30)(H3,28,31,34)/t15-,17-/m1/s1. The molecule has 0 saturated carbocycles. The van der Waals surface area contributed by atoms with Crippen LogP contribution in [0.1, 0.15) is 20.8 Å². The molecule has 0 radical (unpaired) electrons. The number of rotatable bonds is 6. The molecule has 0 aliphatic carbocycles. The molecule has 2 atom stereocenters. The average Bonchev–Trinajstić information content (AvgIpc) is 3.26. The van der Waals surface area contributed by atoms with Gasteiger partial charge in [-0.05, 0) is 50.3 Å². The molecule has 4 N–H and O–H groups in total. The highest BCUT2D eigenvalue weighted by molar-refractivity contribution is 5.98. The van der Waals surface area contributed by atoms with Crippen LogP contribution >= 0.6 is 0 Å². The molecule has 1 aliphatic heterocycles. The highest BCUT2D eigenvalue weighted by Crippen LogP contribution is 2.31. The van der Waals surface area contributed by atoms with Crippen LogP contribution in [0.4, 0.5) is 15.8 Å². The summed E-state index contributed by atoms with van der Waals surface area (Å²) in [5.74, 6) is -0.174. The number of pyridine rings is 1. The van der Waals surface area contributed by atoms with Gasteiger partial charge in [-0.25, -0.2) is 9.37 Å². The normalized spacial score (nSPS) is 18.7. The number of nitrogens with two attached hydrogens (primary N) is 1. The Labute approximate surface area is 202 Å². The summed E-state index contributed by atoms with van der Waals surface area (Å²) in [4.78, 5) is 28.1. The fraction of sp³-hybridized carbons (Fsp3) is 0.385. The Morgan fingerprint density at radius 1 is 1.20 bits per heavy atom. The summed E-state index contributed by atoms with van der Waals surface area (Å²) in [5, 5.41) is 0.185. The van der Waals surface area contributed by atoms with E-state index in [1.807, 2.05) is 18.2 Å². The number of imidazole rings is 1. The molecular weight excluding hydrogens is 447 g/mol. The van der Waals surface area contributed by atoms with Crippen LogP contribution < -0.4 is 16.2 Å². The number of hydrogen-bond donors (Lipinski definition) is 3. The van der Waals surface area contributed by atoms with Gasteiger partial charge < -0.3 is 30.2 Å². The second kappa shape index (κ2) is 9.31. The van der Waals surface area contributed by atoms with Crippen LogP contribution in [-0.4, -0.2) is 64.8 Å². The average molecular weight is 479 g/mol. The Kier molecular flexibility index (Phi) is 6.21. The fourth-order valence-corrected chi connectivity index (χ4v) is 4.92. The summed E-state index contributed by atoms with van der Waals surface area (Å²) in [7, 11) is 0. The number of fused-ring (bicyclic) bond motifs is 2. The smallest absolute Gasteiger partial charge is 0.261 e. The van der Waals surface area contributed by atoms with E-state index in [0.717, 1.165) is 37.4 Å². The fourth-order valence-electron chi connectivity index (χ4n) is 4.92.